The maximum atomic E-state index is 2.77. The van der Waals surface area contributed by atoms with Crippen molar-refractivity contribution in [3.63, 3.8) is 0 Å². The summed E-state index contributed by atoms with van der Waals surface area (Å²) in [7, 11) is 0. The van der Waals surface area contributed by atoms with Crippen LogP contribution in [0.4, 0.5) is 0 Å². The number of fused-ring (bicyclic) bond motifs is 5. The van der Waals surface area contributed by atoms with Crippen molar-refractivity contribution < 1.29 is 0 Å². The van der Waals surface area contributed by atoms with Crippen LogP contribution in [0.2, 0.25) is 0 Å². The molecule has 0 heterocycles. The normalized spacial score (nSPS) is 45.0. The molecule has 3 saturated carbocycles. The van der Waals surface area contributed by atoms with Gasteiger partial charge in [0.25, 0.3) is 0 Å². The fourth-order valence-corrected chi connectivity index (χ4v) is 8.57. The Bertz CT molecular complexity index is 556. The molecule has 7 atom stereocenters. The minimum atomic E-state index is 0.538. The van der Waals surface area contributed by atoms with Crippen LogP contribution in [0.25, 0.3) is 0 Å². The molecule has 154 valence electrons. The summed E-state index contributed by atoms with van der Waals surface area (Å²) in [6.45, 7) is 12.7. The summed E-state index contributed by atoms with van der Waals surface area (Å²) in [4.78, 5) is 0. The van der Waals surface area contributed by atoms with Crippen molar-refractivity contribution in [2.24, 2.45) is 46.3 Å². The first-order chi connectivity index (χ1) is 12.9. The van der Waals surface area contributed by atoms with Crippen molar-refractivity contribution in [2.75, 3.05) is 0 Å². The number of hydrogen-bond acceptors (Lipinski definition) is 0. The van der Waals surface area contributed by atoms with E-state index in [-0.39, 0.29) is 0 Å². The molecule has 4 aliphatic rings. The van der Waals surface area contributed by atoms with Gasteiger partial charge in [-0.1, -0.05) is 78.4 Å². The smallest absolute Gasteiger partial charge is 0.00797 e. The Balaban J connectivity index is 1.48. The van der Waals surface area contributed by atoms with Crippen molar-refractivity contribution in [1.82, 2.24) is 0 Å². The monoisotopic (exact) mass is 370 g/mol. The summed E-state index contributed by atoms with van der Waals surface area (Å²) >= 11 is 0. The predicted octanol–water partition coefficient (Wildman–Crippen LogP) is 8.42. The molecule has 0 amide bonds. The molecule has 0 aromatic rings. The second kappa shape index (κ2) is 7.53. The van der Waals surface area contributed by atoms with Crippen LogP contribution in [-0.4, -0.2) is 0 Å². The molecular weight excluding hydrogens is 324 g/mol. The summed E-state index contributed by atoms with van der Waals surface area (Å²) in [5, 5.41) is 0. The summed E-state index contributed by atoms with van der Waals surface area (Å²) < 4.78 is 0. The molecule has 0 saturated heterocycles. The molecule has 0 aromatic heterocycles. The highest BCUT2D eigenvalue weighted by atomic mass is 14.6. The fraction of sp³-hybridized carbons (Fsp3) is 0.926. The highest BCUT2D eigenvalue weighted by molar-refractivity contribution is 5.29. The molecule has 27 heavy (non-hydrogen) atoms. The van der Waals surface area contributed by atoms with Gasteiger partial charge in [0.15, 0.2) is 0 Å². The maximum Gasteiger partial charge on any atom is -0.00797 e. The third-order valence-corrected chi connectivity index (χ3v) is 10.2. The Morgan fingerprint density at radius 3 is 2.56 bits per heavy atom. The quantitative estimate of drug-likeness (QED) is 0.426. The zero-order chi connectivity index (χ0) is 19.2. The molecule has 0 radical (unpaired) electrons. The van der Waals surface area contributed by atoms with Gasteiger partial charge in [-0.2, -0.15) is 0 Å². The van der Waals surface area contributed by atoms with E-state index >= 15 is 0 Å². The van der Waals surface area contributed by atoms with Gasteiger partial charge in [0.1, 0.15) is 0 Å². The van der Waals surface area contributed by atoms with Crippen molar-refractivity contribution in [3.8, 4) is 0 Å². The van der Waals surface area contributed by atoms with E-state index in [1.54, 1.807) is 0 Å². The number of hydrogen-bond donors (Lipinski definition) is 0. The Morgan fingerprint density at radius 2 is 1.78 bits per heavy atom. The van der Waals surface area contributed by atoms with Gasteiger partial charge in [0.2, 0.25) is 0 Å². The Labute approximate surface area is 170 Å². The third-order valence-electron chi connectivity index (χ3n) is 10.2. The van der Waals surface area contributed by atoms with E-state index in [0.29, 0.717) is 10.8 Å². The highest BCUT2D eigenvalue weighted by Crippen LogP contribution is 2.66. The molecule has 0 aliphatic heterocycles. The van der Waals surface area contributed by atoms with Gasteiger partial charge >= 0.3 is 0 Å². The van der Waals surface area contributed by atoms with E-state index in [1.807, 2.05) is 5.57 Å². The summed E-state index contributed by atoms with van der Waals surface area (Å²) in [6, 6.07) is 0. The van der Waals surface area contributed by atoms with Gasteiger partial charge in [0, 0.05) is 0 Å². The zero-order valence-corrected chi connectivity index (χ0v) is 19.0. The van der Waals surface area contributed by atoms with Crippen molar-refractivity contribution in [1.29, 1.82) is 0 Å². The summed E-state index contributed by atoms with van der Waals surface area (Å²) in [6.07, 6.45) is 20.6. The van der Waals surface area contributed by atoms with E-state index in [9.17, 15) is 0 Å². The molecule has 0 unspecified atom stereocenters. The Morgan fingerprint density at radius 1 is 0.963 bits per heavy atom. The largest absolute Gasteiger partial charge is 0.0842 e. The summed E-state index contributed by atoms with van der Waals surface area (Å²) in [5.74, 6) is 5.69. The van der Waals surface area contributed by atoms with Crippen LogP contribution >= 0.6 is 0 Å². The average Bonchev–Trinajstić information content (AvgIpc) is 2.98. The second-order valence-corrected chi connectivity index (χ2v) is 12.0. The van der Waals surface area contributed by atoms with E-state index in [1.165, 1.54) is 77.0 Å². The van der Waals surface area contributed by atoms with Crippen LogP contribution in [0.15, 0.2) is 11.6 Å². The fourth-order valence-electron chi connectivity index (χ4n) is 8.57. The topological polar surface area (TPSA) is 0 Å². The Hall–Kier alpha value is -0.260. The minimum Gasteiger partial charge on any atom is -0.0842 e. The van der Waals surface area contributed by atoms with Gasteiger partial charge in [-0.25, -0.2) is 0 Å². The van der Waals surface area contributed by atoms with Gasteiger partial charge in [0.05, 0.1) is 0 Å². The lowest BCUT2D eigenvalue weighted by Crippen LogP contribution is -2.50. The molecule has 4 aliphatic carbocycles. The number of rotatable bonds is 5. The Kier molecular flexibility index (Phi) is 5.59. The summed E-state index contributed by atoms with van der Waals surface area (Å²) in [5.41, 5.74) is 3.16. The van der Waals surface area contributed by atoms with Crippen molar-refractivity contribution in [3.05, 3.63) is 11.6 Å². The van der Waals surface area contributed by atoms with Crippen LogP contribution in [0.3, 0.4) is 0 Å². The zero-order valence-electron chi connectivity index (χ0n) is 19.0. The molecule has 0 bridgehead atoms. The lowest BCUT2D eigenvalue weighted by Gasteiger charge is -2.59. The standard InChI is InChI=1S/C27H46/c1-19(2)9-8-10-20(3)23-14-15-24-22-13-12-21-11-6-7-17-26(21,4)25(22)16-18-27(23,24)5/h15,19-23,25H,6-14,16-18H2,1-5H3/t20-,21-,22+,23-,25+,26+,27-/m1/s1. The molecule has 0 spiro atoms. The molecular formula is C27H46. The predicted molar refractivity (Wildman–Crippen MR) is 118 cm³/mol. The van der Waals surface area contributed by atoms with E-state index < -0.39 is 0 Å². The molecule has 0 aromatic carbocycles. The van der Waals surface area contributed by atoms with Crippen LogP contribution in [0, 0.1) is 46.3 Å². The maximum absolute atomic E-state index is 2.77. The van der Waals surface area contributed by atoms with Crippen molar-refractivity contribution >= 4 is 0 Å². The van der Waals surface area contributed by atoms with Crippen LogP contribution in [0.1, 0.15) is 112 Å². The molecule has 0 N–H and O–H groups in total. The van der Waals surface area contributed by atoms with Crippen LogP contribution in [0.5, 0.6) is 0 Å². The molecule has 0 nitrogen and oxygen atoms in total. The SMILES string of the molecule is CC(C)CCC[C@@H](C)[C@H]1CC=C2[C@@H]3CC[C@H]4CCCC[C@]4(C)[C@H]3CC[C@@]21C. The lowest BCUT2D eigenvalue weighted by molar-refractivity contribution is -0.0584. The van der Waals surface area contributed by atoms with Gasteiger partial charge in [-0.3, -0.25) is 0 Å². The highest BCUT2D eigenvalue weighted by Gasteiger charge is 2.57. The van der Waals surface area contributed by atoms with Crippen molar-refractivity contribution in [2.45, 2.75) is 112 Å². The van der Waals surface area contributed by atoms with E-state index in [0.717, 1.165) is 35.5 Å². The second-order valence-electron chi connectivity index (χ2n) is 12.0. The lowest BCUT2D eigenvalue weighted by atomic mass is 9.46. The van der Waals surface area contributed by atoms with Gasteiger partial charge < -0.3 is 0 Å². The first kappa shape index (κ1) is 20.0. The first-order valence-electron chi connectivity index (χ1n) is 12.6. The minimum absolute atomic E-state index is 0.538. The average molecular weight is 371 g/mol. The molecule has 4 rings (SSSR count). The van der Waals surface area contributed by atoms with Crippen LogP contribution in [-0.2, 0) is 0 Å². The first-order valence-corrected chi connectivity index (χ1v) is 12.6. The van der Waals surface area contributed by atoms with Crippen LogP contribution < -0.4 is 0 Å². The number of allylic oxidation sites excluding steroid dienone is 2. The van der Waals surface area contributed by atoms with E-state index in [2.05, 4.69) is 40.7 Å². The van der Waals surface area contributed by atoms with Gasteiger partial charge in [-0.05, 0) is 91.3 Å². The van der Waals surface area contributed by atoms with Gasteiger partial charge in [-0.15, -0.1) is 0 Å². The molecule has 0 heteroatoms. The molecule has 3 fully saturated rings. The third kappa shape index (κ3) is 3.36. The van der Waals surface area contributed by atoms with E-state index in [4.69, 9.17) is 0 Å².